The number of aromatic nitrogens is 2. The predicted octanol–water partition coefficient (Wildman–Crippen LogP) is 3.06. The van der Waals surface area contributed by atoms with Crippen molar-refractivity contribution >= 4 is 0 Å². The molecule has 0 aliphatic heterocycles. The molecule has 19 heavy (non-hydrogen) atoms. The summed E-state index contributed by atoms with van der Waals surface area (Å²) in [5.74, 6) is 0. The van der Waals surface area contributed by atoms with Crippen molar-refractivity contribution in [3.05, 3.63) is 59.2 Å². The Morgan fingerprint density at radius 1 is 0.895 bits per heavy atom. The van der Waals surface area contributed by atoms with Gasteiger partial charge < -0.3 is 5.32 Å². The summed E-state index contributed by atoms with van der Waals surface area (Å²) >= 11 is 0. The summed E-state index contributed by atoms with van der Waals surface area (Å²) < 4.78 is 0. The van der Waals surface area contributed by atoms with Crippen molar-refractivity contribution in [3.63, 3.8) is 0 Å². The van der Waals surface area contributed by atoms with E-state index in [-0.39, 0.29) is 0 Å². The van der Waals surface area contributed by atoms with E-state index in [9.17, 15) is 0 Å². The van der Waals surface area contributed by atoms with E-state index >= 15 is 0 Å². The first kappa shape index (κ1) is 15.3. The molecule has 0 saturated heterocycles. The zero-order chi connectivity index (χ0) is 14.1. The van der Waals surface area contributed by atoms with Crippen LogP contribution in [0.25, 0.3) is 0 Å². The summed E-state index contributed by atoms with van der Waals surface area (Å²) in [5.41, 5.74) is 4.70. The van der Waals surface area contributed by atoms with Crippen molar-refractivity contribution in [2.24, 2.45) is 0 Å². The molecule has 2 heterocycles. The van der Waals surface area contributed by atoms with Crippen molar-refractivity contribution in [1.29, 1.82) is 0 Å². The Bertz CT molecular complexity index is 460. The van der Waals surface area contributed by atoms with Gasteiger partial charge >= 0.3 is 0 Å². The van der Waals surface area contributed by atoms with Crippen molar-refractivity contribution in [1.82, 2.24) is 15.3 Å². The highest BCUT2D eigenvalue weighted by Gasteiger charge is 1.88. The maximum Gasteiger partial charge on any atom is 0.0372 e. The van der Waals surface area contributed by atoms with E-state index in [1.165, 1.54) is 11.1 Å². The molecule has 0 amide bonds. The van der Waals surface area contributed by atoms with E-state index < -0.39 is 0 Å². The summed E-state index contributed by atoms with van der Waals surface area (Å²) in [6.45, 7) is 7.02. The average Bonchev–Trinajstić information content (AvgIpc) is 2.43. The van der Waals surface area contributed by atoms with Gasteiger partial charge in [-0.1, -0.05) is 19.1 Å². The van der Waals surface area contributed by atoms with Crippen LogP contribution in [0.15, 0.2) is 36.7 Å². The molecule has 2 rings (SSSR count). The Balaban J connectivity index is 0.000000191. The lowest BCUT2D eigenvalue weighted by Crippen LogP contribution is -2.05. The number of hydrogen-bond donors (Lipinski definition) is 1. The van der Waals surface area contributed by atoms with Crippen LogP contribution < -0.4 is 5.32 Å². The summed E-state index contributed by atoms with van der Waals surface area (Å²) in [5, 5.41) is 3.06. The zero-order valence-corrected chi connectivity index (χ0v) is 12.3. The zero-order valence-electron chi connectivity index (χ0n) is 12.3. The Labute approximate surface area is 116 Å². The molecule has 2 aromatic heterocycles. The van der Waals surface area contributed by atoms with E-state index in [1.54, 1.807) is 0 Å². The van der Waals surface area contributed by atoms with Crippen LogP contribution in [0.1, 0.15) is 29.4 Å². The summed E-state index contributed by atoms with van der Waals surface area (Å²) in [4.78, 5) is 8.31. The first-order valence-electron chi connectivity index (χ1n) is 6.63. The van der Waals surface area contributed by atoms with E-state index in [2.05, 4.69) is 34.3 Å². The lowest BCUT2D eigenvalue weighted by atomic mass is 10.2. The average molecular weight is 257 g/mol. The number of rotatable bonds is 3. The largest absolute Gasteiger partial charge is 0.316 e. The molecule has 0 radical (unpaired) electrons. The van der Waals surface area contributed by atoms with E-state index in [0.29, 0.717) is 0 Å². The van der Waals surface area contributed by atoms with Crippen molar-refractivity contribution in [2.45, 2.75) is 33.7 Å². The van der Waals surface area contributed by atoms with Gasteiger partial charge in [-0.05, 0) is 50.6 Å². The maximum absolute atomic E-state index is 4.16. The molecule has 3 heteroatoms. The van der Waals surface area contributed by atoms with E-state index in [1.807, 2.05) is 45.4 Å². The SMILES string of the molecule is CCc1ccc(C)nc1.CNCc1ccc(C)nc1. The second kappa shape index (κ2) is 8.38. The molecule has 0 spiro atoms. The second-order valence-electron chi connectivity index (χ2n) is 4.50. The van der Waals surface area contributed by atoms with Gasteiger partial charge in [0.25, 0.3) is 0 Å². The van der Waals surface area contributed by atoms with Crippen molar-refractivity contribution in [2.75, 3.05) is 7.05 Å². The molecule has 0 aliphatic carbocycles. The van der Waals surface area contributed by atoms with Gasteiger partial charge in [0, 0.05) is 30.3 Å². The minimum absolute atomic E-state index is 0.896. The number of pyridine rings is 2. The maximum atomic E-state index is 4.16. The van der Waals surface area contributed by atoms with E-state index in [4.69, 9.17) is 0 Å². The summed E-state index contributed by atoms with van der Waals surface area (Å²) in [7, 11) is 1.93. The highest BCUT2D eigenvalue weighted by Crippen LogP contribution is 1.98. The standard InChI is InChI=1S/C8H12N2.C8H11N/c1-7-3-4-8(5-9-2)6-10-7;1-3-8-5-4-7(2)9-6-8/h3-4,6,9H,5H2,1-2H3;4-6H,3H2,1-2H3. The van der Waals surface area contributed by atoms with Crippen LogP contribution in [0.2, 0.25) is 0 Å². The van der Waals surface area contributed by atoms with Crippen LogP contribution in [0.5, 0.6) is 0 Å². The molecule has 0 bridgehead atoms. The number of nitrogens with one attached hydrogen (secondary N) is 1. The molecule has 1 N–H and O–H groups in total. The van der Waals surface area contributed by atoms with E-state index in [0.717, 1.165) is 24.4 Å². The Hall–Kier alpha value is -1.74. The lowest BCUT2D eigenvalue weighted by molar-refractivity contribution is 0.812. The van der Waals surface area contributed by atoms with Crippen LogP contribution in [0.4, 0.5) is 0 Å². The summed E-state index contributed by atoms with van der Waals surface area (Å²) in [6, 6.07) is 8.26. The van der Waals surface area contributed by atoms with Crippen LogP contribution >= 0.6 is 0 Å². The van der Waals surface area contributed by atoms with Gasteiger partial charge in [0.2, 0.25) is 0 Å². The van der Waals surface area contributed by atoms with Crippen LogP contribution in [0, 0.1) is 13.8 Å². The molecular weight excluding hydrogens is 234 g/mol. The fraction of sp³-hybridized carbons (Fsp3) is 0.375. The van der Waals surface area contributed by atoms with Gasteiger partial charge in [-0.3, -0.25) is 9.97 Å². The third-order valence-electron chi connectivity index (χ3n) is 2.73. The van der Waals surface area contributed by atoms with Crippen LogP contribution in [-0.2, 0) is 13.0 Å². The smallest absolute Gasteiger partial charge is 0.0372 e. The topological polar surface area (TPSA) is 37.8 Å². The van der Waals surface area contributed by atoms with Crippen LogP contribution in [-0.4, -0.2) is 17.0 Å². The van der Waals surface area contributed by atoms with Gasteiger partial charge in [0.1, 0.15) is 0 Å². The Morgan fingerprint density at radius 3 is 1.79 bits per heavy atom. The minimum atomic E-state index is 0.896. The molecule has 0 atom stereocenters. The molecule has 0 saturated carbocycles. The number of aryl methyl sites for hydroxylation is 3. The highest BCUT2D eigenvalue weighted by molar-refractivity contribution is 5.13. The first-order valence-corrected chi connectivity index (χ1v) is 6.63. The molecule has 0 aliphatic rings. The minimum Gasteiger partial charge on any atom is -0.316 e. The Morgan fingerprint density at radius 2 is 1.42 bits per heavy atom. The normalized spacial score (nSPS) is 9.68. The van der Waals surface area contributed by atoms with Crippen molar-refractivity contribution < 1.29 is 0 Å². The summed E-state index contributed by atoms with van der Waals surface area (Å²) in [6.07, 6.45) is 4.90. The van der Waals surface area contributed by atoms with Gasteiger partial charge in [-0.25, -0.2) is 0 Å². The monoisotopic (exact) mass is 257 g/mol. The predicted molar refractivity (Wildman–Crippen MR) is 80.1 cm³/mol. The molecular formula is C16H23N3. The first-order chi connectivity index (χ1) is 9.15. The molecule has 0 aromatic carbocycles. The van der Waals surface area contributed by atoms with Gasteiger partial charge in [0.15, 0.2) is 0 Å². The lowest BCUT2D eigenvalue weighted by Gasteiger charge is -1.97. The fourth-order valence-corrected chi connectivity index (χ4v) is 1.51. The quantitative estimate of drug-likeness (QED) is 0.918. The molecule has 102 valence electrons. The fourth-order valence-electron chi connectivity index (χ4n) is 1.51. The number of hydrogen-bond acceptors (Lipinski definition) is 3. The molecule has 0 fully saturated rings. The molecule has 2 aromatic rings. The Kier molecular flexibility index (Phi) is 6.75. The molecule has 0 unspecified atom stereocenters. The number of nitrogens with zero attached hydrogens (tertiary/aromatic N) is 2. The highest BCUT2D eigenvalue weighted by atomic mass is 14.8. The third-order valence-corrected chi connectivity index (χ3v) is 2.73. The van der Waals surface area contributed by atoms with Crippen molar-refractivity contribution in [3.8, 4) is 0 Å². The van der Waals surface area contributed by atoms with Gasteiger partial charge in [-0.2, -0.15) is 0 Å². The van der Waals surface area contributed by atoms with Crippen LogP contribution in [0.3, 0.4) is 0 Å². The molecule has 3 nitrogen and oxygen atoms in total. The second-order valence-corrected chi connectivity index (χ2v) is 4.50. The third kappa shape index (κ3) is 6.11. The van der Waals surface area contributed by atoms with Gasteiger partial charge in [0.05, 0.1) is 0 Å². The van der Waals surface area contributed by atoms with Gasteiger partial charge in [-0.15, -0.1) is 0 Å².